The lowest BCUT2D eigenvalue weighted by atomic mass is 10.1. The van der Waals surface area contributed by atoms with Crippen LogP contribution in [0.2, 0.25) is 0 Å². The molecule has 0 aliphatic carbocycles. The molecule has 7 heteroatoms. The van der Waals surface area contributed by atoms with E-state index in [-0.39, 0.29) is 9.77 Å². The summed E-state index contributed by atoms with van der Waals surface area (Å²) in [7, 11) is -3.78. The van der Waals surface area contributed by atoms with Gasteiger partial charge in [-0.25, -0.2) is 18.4 Å². The molecule has 0 aromatic carbocycles. The van der Waals surface area contributed by atoms with Crippen LogP contribution in [-0.2, 0) is 14.8 Å². The number of hydrogen-bond donors (Lipinski definition) is 1. The first-order valence-corrected chi connectivity index (χ1v) is 8.38. The van der Waals surface area contributed by atoms with Crippen LogP contribution in [0, 0.1) is 12.8 Å². The number of ether oxygens (including phenoxy) is 1. The fraction of sp³-hybridized carbons (Fsp3) is 0.583. The number of rotatable bonds is 6. The number of sulfonamides is 1. The van der Waals surface area contributed by atoms with Crippen LogP contribution in [0.1, 0.15) is 41.2 Å². The van der Waals surface area contributed by atoms with Crippen molar-refractivity contribution in [2.24, 2.45) is 11.1 Å². The summed E-state index contributed by atoms with van der Waals surface area (Å²) in [5.74, 6) is 0.0726. The Balaban J connectivity index is 2.64. The van der Waals surface area contributed by atoms with Gasteiger partial charge in [-0.15, -0.1) is 11.3 Å². The van der Waals surface area contributed by atoms with E-state index in [1.807, 2.05) is 0 Å². The number of thiophene rings is 1. The van der Waals surface area contributed by atoms with Gasteiger partial charge in [0.1, 0.15) is 4.88 Å². The molecule has 2 N–H and O–H groups in total. The van der Waals surface area contributed by atoms with Crippen molar-refractivity contribution in [3.63, 3.8) is 0 Å². The van der Waals surface area contributed by atoms with Gasteiger partial charge in [0.05, 0.1) is 11.5 Å². The van der Waals surface area contributed by atoms with Gasteiger partial charge in [-0.3, -0.25) is 0 Å². The summed E-state index contributed by atoms with van der Waals surface area (Å²) in [5.41, 5.74) is 0. The highest BCUT2D eigenvalue weighted by molar-refractivity contribution is 7.89. The number of carbonyl (C=O) groups is 1. The summed E-state index contributed by atoms with van der Waals surface area (Å²) >= 11 is 1.08. The minimum absolute atomic E-state index is 0.00775. The van der Waals surface area contributed by atoms with Gasteiger partial charge < -0.3 is 4.74 Å². The zero-order valence-corrected chi connectivity index (χ0v) is 12.9. The lowest BCUT2D eigenvalue weighted by Gasteiger charge is -2.05. The maximum atomic E-state index is 11.7. The third kappa shape index (κ3) is 4.93. The van der Waals surface area contributed by atoms with Crippen LogP contribution in [0.3, 0.4) is 0 Å². The Bertz CT molecular complexity index is 546. The summed E-state index contributed by atoms with van der Waals surface area (Å²) in [5, 5.41) is 5.05. The Morgan fingerprint density at radius 3 is 2.58 bits per heavy atom. The predicted molar refractivity (Wildman–Crippen MR) is 74.8 cm³/mol. The lowest BCUT2D eigenvalue weighted by Crippen LogP contribution is -2.12. The topological polar surface area (TPSA) is 86.5 Å². The van der Waals surface area contributed by atoms with Gasteiger partial charge in [-0.2, -0.15) is 0 Å². The Labute approximate surface area is 117 Å². The zero-order chi connectivity index (χ0) is 14.6. The van der Waals surface area contributed by atoms with Crippen LogP contribution in [0.5, 0.6) is 0 Å². The first-order valence-electron chi connectivity index (χ1n) is 6.02. The molecule has 0 bridgehead atoms. The van der Waals surface area contributed by atoms with Crippen molar-refractivity contribution >= 4 is 27.3 Å². The number of carbonyl (C=O) groups excluding carboxylic acids is 1. The third-order valence-corrected chi connectivity index (χ3v) is 4.74. The zero-order valence-electron chi connectivity index (χ0n) is 11.3. The summed E-state index contributed by atoms with van der Waals surface area (Å²) in [6.07, 6.45) is 1.79. The van der Waals surface area contributed by atoms with Gasteiger partial charge >= 0.3 is 5.97 Å². The molecule has 0 spiro atoms. The first kappa shape index (κ1) is 16.1. The quantitative estimate of drug-likeness (QED) is 0.645. The number of esters is 1. The van der Waals surface area contributed by atoms with Crippen molar-refractivity contribution in [1.82, 2.24) is 0 Å². The molecule has 1 aromatic heterocycles. The largest absolute Gasteiger partial charge is 0.462 e. The second-order valence-electron chi connectivity index (χ2n) is 4.75. The normalized spacial score (nSPS) is 11.8. The van der Waals surface area contributed by atoms with E-state index in [0.717, 1.165) is 24.2 Å². The Morgan fingerprint density at radius 1 is 1.47 bits per heavy atom. The van der Waals surface area contributed by atoms with E-state index in [1.54, 1.807) is 6.92 Å². The average molecular weight is 305 g/mol. The first-order chi connectivity index (χ1) is 8.71. The number of aryl methyl sites for hydroxylation is 1. The van der Waals surface area contributed by atoms with Gasteiger partial charge in [0.2, 0.25) is 10.0 Å². The van der Waals surface area contributed by atoms with E-state index < -0.39 is 16.0 Å². The van der Waals surface area contributed by atoms with E-state index >= 15 is 0 Å². The minimum atomic E-state index is -3.78. The van der Waals surface area contributed by atoms with E-state index in [4.69, 9.17) is 9.88 Å². The fourth-order valence-corrected chi connectivity index (χ4v) is 3.62. The number of hydrogen-bond acceptors (Lipinski definition) is 5. The standard InChI is InChI=1S/C12H19NO4S2/c1-8(2)5-4-6-17-12(14)10-7-11(9(3)18-10)19(13,15)16/h7-8H,4-6H2,1-3H3,(H2,13,15,16). The minimum Gasteiger partial charge on any atom is -0.462 e. The summed E-state index contributed by atoms with van der Waals surface area (Å²) in [6.45, 7) is 6.16. The molecular formula is C12H19NO4S2. The molecule has 0 amide bonds. The molecule has 0 fully saturated rings. The molecule has 108 valence electrons. The molecule has 0 atom stereocenters. The summed E-state index contributed by atoms with van der Waals surface area (Å²) in [6, 6.07) is 1.28. The molecular weight excluding hydrogens is 286 g/mol. The predicted octanol–water partition coefficient (Wildman–Crippen LogP) is 2.30. The molecule has 0 saturated heterocycles. The molecule has 0 unspecified atom stereocenters. The van der Waals surface area contributed by atoms with Crippen molar-refractivity contribution in [2.45, 2.75) is 38.5 Å². The van der Waals surface area contributed by atoms with Gasteiger partial charge in [-0.1, -0.05) is 13.8 Å². The van der Waals surface area contributed by atoms with Crippen molar-refractivity contribution in [3.05, 3.63) is 15.8 Å². The maximum Gasteiger partial charge on any atom is 0.348 e. The van der Waals surface area contributed by atoms with Gasteiger partial charge in [0, 0.05) is 4.88 Å². The molecule has 5 nitrogen and oxygen atoms in total. The monoisotopic (exact) mass is 305 g/mol. The Morgan fingerprint density at radius 2 is 2.11 bits per heavy atom. The van der Waals surface area contributed by atoms with Gasteiger partial charge in [-0.05, 0) is 31.7 Å². The molecule has 19 heavy (non-hydrogen) atoms. The molecule has 0 saturated carbocycles. The van der Waals surface area contributed by atoms with Crippen molar-refractivity contribution in [1.29, 1.82) is 0 Å². The van der Waals surface area contributed by atoms with Crippen LogP contribution < -0.4 is 5.14 Å². The average Bonchev–Trinajstić information content (AvgIpc) is 2.66. The highest BCUT2D eigenvalue weighted by Gasteiger charge is 2.19. The molecule has 1 aromatic rings. The number of primary sulfonamides is 1. The SMILES string of the molecule is Cc1sc(C(=O)OCCCC(C)C)cc1S(N)(=O)=O. The van der Waals surface area contributed by atoms with Crippen LogP contribution in [0.25, 0.3) is 0 Å². The van der Waals surface area contributed by atoms with Gasteiger partial charge in [0.15, 0.2) is 0 Å². The fourth-order valence-electron chi connectivity index (χ4n) is 1.58. The second-order valence-corrected chi connectivity index (χ2v) is 7.53. The molecule has 0 aliphatic heterocycles. The van der Waals surface area contributed by atoms with Crippen LogP contribution in [-0.4, -0.2) is 21.0 Å². The van der Waals surface area contributed by atoms with Crippen LogP contribution in [0.4, 0.5) is 0 Å². The van der Waals surface area contributed by atoms with Crippen LogP contribution >= 0.6 is 11.3 Å². The van der Waals surface area contributed by atoms with Crippen molar-refractivity contribution < 1.29 is 17.9 Å². The Kier molecular flexibility index (Phi) is 5.51. The molecule has 1 heterocycles. The van der Waals surface area contributed by atoms with E-state index in [9.17, 15) is 13.2 Å². The summed E-state index contributed by atoms with van der Waals surface area (Å²) in [4.78, 5) is 12.5. The smallest absolute Gasteiger partial charge is 0.348 e. The summed E-state index contributed by atoms with van der Waals surface area (Å²) < 4.78 is 27.6. The van der Waals surface area contributed by atoms with Gasteiger partial charge in [0.25, 0.3) is 0 Å². The molecule has 1 rings (SSSR count). The third-order valence-electron chi connectivity index (χ3n) is 2.54. The molecule has 0 aliphatic rings. The van der Waals surface area contributed by atoms with E-state index in [2.05, 4.69) is 13.8 Å². The van der Waals surface area contributed by atoms with Crippen molar-refractivity contribution in [2.75, 3.05) is 6.61 Å². The highest BCUT2D eigenvalue weighted by Crippen LogP contribution is 2.25. The lowest BCUT2D eigenvalue weighted by molar-refractivity contribution is 0.0500. The number of nitrogens with two attached hydrogens (primary N) is 1. The second kappa shape index (κ2) is 6.49. The van der Waals surface area contributed by atoms with Crippen molar-refractivity contribution in [3.8, 4) is 0 Å². The maximum absolute atomic E-state index is 11.7. The van der Waals surface area contributed by atoms with Crippen LogP contribution in [0.15, 0.2) is 11.0 Å². The Hall–Kier alpha value is -0.920. The van der Waals surface area contributed by atoms with E-state index in [0.29, 0.717) is 17.4 Å². The molecule has 0 radical (unpaired) electrons. The van der Waals surface area contributed by atoms with E-state index in [1.165, 1.54) is 6.07 Å². The highest BCUT2D eigenvalue weighted by atomic mass is 32.2.